The Bertz CT molecular complexity index is 193. The predicted octanol–water partition coefficient (Wildman–Crippen LogP) is 2.82. The molecule has 1 heterocycles. The number of hydrogen-bond acceptors (Lipinski definition) is 1. The van der Waals surface area contributed by atoms with Gasteiger partial charge in [-0.3, -0.25) is 4.99 Å². The van der Waals surface area contributed by atoms with Crippen molar-refractivity contribution in [3.63, 3.8) is 0 Å². The maximum atomic E-state index is 4.48. The molecule has 11 heavy (non-hydrogen) atoms. The van der Waals surface area contributed by atoms with Crippen molar-refractivity contribution < 1.29 is 0 Å². The Morgan fingerprint density at radius 1 is 1.45 bits per heavy atom. The van der Waals surface area contributed by atoms with Crippen LogP contribution >= 0.6 is 0 Å². The first kappa shape index (κ1) is 8.51. The number of rotatable bonds is 1. The molecule has 0 aliphatic carbocycles. The van der Waals surface area contributed by atoms with Crippen molar-refractivity contribution >= 4 is 5.71 Å². The average Bonchev–Trinajstić information content (AvgIpc) is 2.10. The molecule has 0 saturated carbocycles. The van der Waals surface area contributed by atoms with Gasteiger partial charge in [0, 0.05) is 5.71 Å². The minimum Gasteiger partial charge on any atom is -0.283 e. The topological polar surface area (TPSA) is 12.4 Å². The summed E-state index contributed by atoms with van der Waals surface area (Å²) >= 11 is 0. The summed E-state index contributed by atoms with van der Waals surface area (Å²) in [6, 6.07) is 0.410. The molecule has 1 atom stereocenters. The zero-order valence-corrected chi connectivity index (χ0v) is 7.89. The molecule has 1 rings (SSSR count). The molecule has 0 amide bonds. The summed E-state index contributed by atoms with van der Waals surface area (Å²) in [7, 11) is 0. The Labute approximate surface area is 69.2 Å². The minimum atomic E-state index is 0.368. The predicted molar refractivity (Wildman–Crippen MR) is 50.1 cm³/mol. The van der Waals surface area contributed by atoms with Crippen LogP contribution in [0, 0.1) is 5.41 Å². The van der Waals surface area contributed by atoms with Crippen LogP contribution in [0.25, 0.3) is 0 Å². The number of allylic oxidation sites excluding steroid dienone is 1. The summed E-state index contributed by atoms with van der Waals surface area (Å²) in [4.78, 5) is 4.48. The summed E-state index contributed by atoms with van der Waals surface area (Å²) in [5.41, 5.74) is 1.62. The number of hydrogen-bond donors (Lipinski definition) is 0. The van der Waals surface area contributed by atoms with Gasteiger partial charge in [-0.15, -0.1) is 0 Å². The minimum absolute atomic E-state index is 0.368. The van der Waals surface area contributed by atoms with Crippen LogP contribution in [-0.2, 0) is 0 Å². The van der Waals surface area contributed by atoms with E-state index in [1.54, 1.807) is 0 Å². The van der Waals surface area contributed by atoms with Crippen molar-refractivity contribution in [1.82, 2.24) is 0 Å². The van der Waals surface area contributed by atoms with E-state index in [1.165, 1.54) is 5.71 Å². The molecule has 0 aromatic carbocycles. The molecule has 0 aromatic rings. The quantitative estimate of drug-likeness (QED) is 0.546. The van der Waals surface area contributed by atoms with E-state index in [-0.39, 0.29) is 0 Å². The van der Waals surface area contributed by atoms with E-state index < -0.39 is 0 Å². The molecular formula is C10H17N. The van der Waals surface area contributed by atoms with Gasteiger partial charge < -0.3 is 0 Å². The Balaban J connectivity index is 2.53. The van der Waals surface area contributed by atoms with E-state index in [2.05, 4.69) is 44.8 Å². The second kappa shape index (κ2) is 2.80. The summed E-state index contributed by atoms with van der Waals surface area (Å²) in [6.07, 6.45) is 5.39. The van der Waals surface area contributed by atoms with Crippen molar-refractivity contribution in [2.75, 3.05) is 0 Å². The molecule has 1 aliphatic rings. The van der Waals surface area contributed by atoms with E-state index in [9.17, 15) is 0 Å². The molecule has 1 nitrogen and oxygen atoms in total. The second-order valence-corrected chi connectivity index (χ2v) is 4.46. The highest BCUT2D eigenvalue weighted by atomic mass is 14.8. The summed E-state index contributed by atoms with van der Waals surface area (Å²) < 4.78 is 0. The van der Waals surface area contributed by atoms with E-state index in [0.29, 0.717) is 11.5 Å². The van der Waals surface area contributed by atoms with Crippen LogP contribution in [-0.4, -0.2) is 11.8 Å². The Morgan fingerprint density at radius 2 is 2.09 bits per heavy atom. The highest BCUT2D eigenvalue weighted by Gasteiger charge is 2.15. The van der Waals surface area contributed by atoms with Crippen molar-refractivity contribution in [3.8, 4) is 0 Å². The highest BCUT2D eigenvalue weighted by molar-refractivity contribution is 5.97. The van der Waals surface area contributed by atoms with Gasteiger partial charge >= 0.3 is 0 Å². The largest absolute Gasteiger partial charge is 0.283 e. The van der Waals surface area contributed by atoms with Crippen LogP contribution in [0.1, 0.15) is 34.1 Å². The molecule has 0 saturated heterocycles. The van der Waals surface area contributed by atoms with Crippen LogP contribution in [0.15, 0.2) is 17.1 Å². The van der Waals surface area contributed by atoms with E-state index in [4.69, 9.17) is 0 Å². The fraction of sp³-hybridized carbons (Fsp3) is 0.700. The van der Waals surface area contributed by atoms with Crippen molar-refractivity contribution in [2.24, 2.45) is 10.4 Å². The maximum Gasteiger partial charge on any atom is 0.0658 e. The van der Waals surface area contributed by atoms with E-state index in [0.717, 1.165) is 6.42 Å². The van der Waals surface area contributed by atoms with Gasteiger partial charge in [-0.1, -0.05) is 26.8 Å². The molecule has 1 aliphatic heterocycles. The van der Waals surface area contributed by atoms with Gasteiger partial charge in [0.25, 0.3) is 0 Å². The van der Waals surface area contributed by atoms with Gasteiger partial charge in [0.05, 0.1) is 6.04 Å². The standard InChI is InChI=1S/C10H17N/c1-8-5-6-9(11-8)7-10(2,3)4/h5-6,8H,7H2,1-4H3. The van der Waals surface area contributed by atoms with Gasteiger partial charge in [-0.2, -0.15) is 0 Å². The van der Waals surface area contributed by atoms with Gasteiger partial charge in [0.1, 0.15) is 0 Å². The lowest BCUT2D eigenvalue weighted by Crippen LogP contribution is -2.10. The van der Waals surface area contributed by atoms with Crippen LogP contribution in [0.3, 0.4) is 0 Å². The van der Waals surface area contributed by atoms with Gasteiger partial charge in [0.2, 0.25) is 0 Å². The third kappa shape index (κ3) is 2.87. The van der Waals surface area contributed by atoms with Crippen LogP contribution in [0.2, 0.25) is 0 Å². The molecule has 62 valence electrons. The highest BCUT2D eigenvalue weighted by Crippen LogP contribution is 2.21. The molecule has 0 aromatic heterocycles. The fourth-order valence-corrected chi connectivity index (χ4v) is 1.25. The van der Waals surface area contributed by atoms with E-state index in [1.807, 2.05) is 0 Å². The lowest BCUT2D eigenvalue weighted by Gasteiger charge is -2.16. The second-order valence-electron chi connectivity index (χ2n) is 4.46. The molecular weight excluding hydrogens is 134 g/mol. The molecule has 0 radical (unpaired) electrons. The van der Waals surface area contributed by atoms with Crippen molar-refractivity contribution in [3.05, 3.63) is 12.2 Å². The Hall–Kier alpha value is -0.590. The molecule has 1 unspecified atom stereocenters. The average molecular weight is 151 g/mol. The monoisotopic (exact) mass is 151 g/mol. The number of aliphatic imine (C=N–C) groups is 1. The fourth-order valence-electron chi connectivity index (χ4n) is 1.25. The SMILES string of the molecule is CC1C=CC(CC(C)(C)C)=N1. The van der Waals surface area contributed by atoms with Gasteiger partial charge in [-0.05, 0) is 24.8 Å². The van der Waals surface area contributed by atoms with Crippen LogP contribution in [0.4, 0.5) is 0 Å². The summed E-state index contributed by atoms with van der Waals surface area (Å²) in [5.74, 6) is 0. The Morgan fingerprint density at radius 3 is 2.45 bits per heavy atom. The Kier molecular flexibility index (Phi) is 2.17. The maximum absolute atomic E-state index is 4.48. The molecule has 0 fully saturated rings. The smallest absolute Gasteiger partial charge is 0.0658 e. The first-order valence-corrected chi connectivity index (χ1v) is 4.22. The van der Waals surface area contributed by atoms with Crippen molar-refractivity contribution in [1.29, 1.82) is 0 Å². The van der Waals surface area contributed by atoms with Crippen LogP contribution in [0.5, 0.6) is 0 Å². The third-order valence-corrected chi connectivity index (χ3v) is 1.65. The molecule has 0 N–H and O–H groups in total. The molecule has 0 spiro atoms. The molecule has 1 heteroatoms. The summed E-state index contributed by atoms with van der Waals surface area (Å²) in [6.45, 7) is 8.84. The lowest BCUT2D eigenvalue weighted by molar-refractivity contribution is 0.434. The summed E-state index contributed by atoms with van der Waals surface area (Å²) in [5, 5.41) is 0. The zero-order valence-electron chi connectivity index (χ0n) is 7.89. The number of nitrogens with zero attached hydrogens (tertiary/aromatic N) is 1. The lowest BCUT2D eigenvalue weighted by atomic mass is 9.90. The first-order valence-electron chi connectivity index (χ1n) is 4.22. The van der Waals surface area contributed by atoms with Crippen LogP contribution < -0.4 is 0 Å². The zero-order chi connectivity index (χ0) is 8.48. The third-order valence-electron chi connectivity index (χ3n) is 1.65. The normalized spacial score (nSPS) is 24.0. The first-order chi connectivity index (χ1) is 4.97. The van der Waals surface area contributed by atoms with Gasteiger partial charge in [-0.25, -0.2) is 0 Å². The molecule has 0 bridgehead atoms. The van der Waals surface area contributed by atoms with Crippen molar-refractivity contribution in [2.45, 2.75) is 40.2 Å². The van der Waals surface area contributed by atoms with E-state index >= 15 is 0 Å². The van der Waals surface area contributed by atoms with Gasteiger partial charge in [0.15, 0.2) is 0 Å².